The summed E-state index contributed by atoms with van der Waals surface area (Å²) >= 11 is 0. The van der Waals surface area contributed by atoms with Gasteiger partial charge in [0.15, 0.2) is 0 Å². The molecule has 4 fully saturated rings. The molecule has 4 nitrogen and oxygen atoms in total. The second-order valence-corrected chi connectivity index (χ2v) is 7.66. The van der Waals surface area contributed by atoms with Crippen LogP contribution in [0.4, 0.5) is 0 Å². The summed E-state index contributed by atoms with van der Waals surface area (Å²) in [5.74, 6) is -0.297. The zero-order chi connectivity index (χ0) is 15.8. The molecule has 0 N–H and O–H groups in total. The molecule has 23 heavy (non-hydrogen) atoms. The molecule has 7 aliphatic rings. The quantitative estimate of drug-likeness (QED) is 0.744. The Morgan fingerprint density at radius 3 is 2.61 bits per heavy atom. The van der Waals surface area contributed by atoms with Crippen LogP contribution in [0.15, 0.2) is 24.3 Å². The molecule has 1 saturated heterocycles. The van der Waals surface area contributed by atoms with E-state index in [1.165, 1.54) is 11.1 Å². The van der Waals surface area contributed by atoms with E-state index in [0.717, 1.165) is 6.42 Å². The first-order valence-electron chi connectivity index (χ1n) is 8.38. The van der Waals surface area contributed by atoms with Crippen LogP contribution in [0.25, 0.3) is 0 Å². The number of carbonyl (C=O) groups excluding carboxylic acids is 2. The summed E-state index contributed by atoms with van der Waals surface area (Å²) in [7, 11) is 1.75. The average Bonchev–Trinajstić information content (AvgIpc) is 2.84. The first kappa shape index (κ1) is 13.9. The number of benzene rings is 1. The van der Waals surface area contributed by atoms with Gasteiger partial charge in [-0.3, -0.25) is 9.59 Å². The Balaban J connectivity index is 1.89. The van der Waals surface area contributed by atoms with Crippen LogP contribution in [0, 0.1) is 11.3 Å². The predicted octanol–water partition coefficient (Wildman–Crippen LogP) is 2.01. The van der Waals surface area contributed by atoms with Gasteiger partial charge in [0.1, 0.15) is 11.6 Å². The van der Waals surface area contributed by atoms with Crippen molar-refractivity contribution in [2.24, 2.45) is 11.3 Å². The van der Waals surface area contributed by atoms with Crippen LogP contribution in [-0.4, -0.2) is 38.0 Å². The van der Waals surface area contributed by atoms with Gasteiger partial charge in [-0.05, 0) is 17.5 Å². The Morgan fingerprint density at radius 2 is 1.87 bits per heavy atom. The van der Waals surface area contributed by atoms with Gasteiger partial charge in [-0.15, -0.1) is 0 Å². The van der Waals surface area contributed by atoms with Gasteiger partial charge in [-0.2, -0.15) is 0 Å². The van der Waals surface area contributed by atoms with Gasteiger partial charge in [0.05, 0.1) is 30.7 Å². The van der Waals surface area contributed by atoms with Crippen molar-refractivity contribution in [3.05, 3.63) is 35.4 Å². The van der Waals surface area contributed by atoms with Crippen LogP contribution in [0.2, 0.25) is 0 Å². The van der Waals surface area contributed by atoms with E-state index in [1.54, 1.807) is 7.11 Å². The molecule has 8 rings (SSSR count). The van der Waals surface area contributed by atoms with Gasteiger partial charge in [0.25, 0.3) is 0 Å². The highest BCUT2D eigenvalue weighted by atomic mass is 16.5. The zero-order valence-corrected chi connectivity index (χ0v) is 13.2. The fourth-order valence-corrected chi connectivity index (χ4v) is 6.05. The molecule has 1 aromatic rings. The lowest BCUT2D eigenvalue weighted by Crippen LogP contribution is -2.64. The minimum atomic E-state index is -0.488. The van der Waals surface area contributed by atoms with Crippen molar-refractivity contribution in [2.45, 2.75) is 36.7 Å². The molecule has 1 aromatic carbocycles. The first-order chi connectivity index (χ1) is 11.1. The van der Waals surface area contributed by atoms with Gasteiger partial charge in [0, 0.05) is 31.3 Å². The van der Waals surface area contributed by atoms with Gasteiger partial charge in [-0.1, -0.05) is 24.3 Å². The van der Waals surface area contributed by atoms with E-state index >= 15 is 0 Å². The predicted molar refractivity (Wildman–Crippen MR) is 82.3 cm³/mol. The van der Waals surface area contributed by atoms with E-state index in [1.807, 2.05) is 6.07 Å². The fourth-order valence-electron chi connectivity index (χ4n) is 6.05. The fraction of sp³-hybridized carbons (Fsp3) is 0.579. The Bertz CT molecular complexity index is 706. The third-order valence-electron chi connectivity index (χ3n) is 6.92. The minimum absolute atomic E-state index is 0.00796. The third-order valence-corrected chi connectivity index (χ3v) is 6.92. The molecule has 4 heteroatoms. The van der Waals surface area contributed by atoms with Gasteiger partial charge >= 0.3 is 0 Å². The number of hydrogen-bond donors (Lipinski definition) is 0. The van der Waals surface area contributed by atoms with Gasteiger partial charge in [-0.25, -0.2) is 0 Å². The lowest BCUT2D eigenvalue weighted by Gasteiger charge is -2.58. The van der Waals surface area contributed by atoms with E-state index in [4.69, 9.17) is 9.47 Å². The zero-order valence-electron chi connectivity index (χ0n) is 13.2. The lowest BCUT2D eigenvalue weighted by molar-refractivity contribution is -0.152. The van der Waals surface area contributed by atoms with E-state index in [9.17, 15) is 9.59 Å². The van der Waals surface area contributed by atoms with E-state index in [2.05, 4.69) is 18.2 Å². The summed E-state index contributed by atoms with van der Waals surface area (Å²) in [6.45, 7) is 1.02. The maximum atomic E-state index is 12.9. The summed E-state index contributed by atoms with van der Waals surface area (Å²) < 4.78 is 11.9. The molecule has 2 spiro atoms. The molecule has 6 aliphatic carbocycles. The van der Waals surface area contributed by atoms with E-state index in [0.29, 0.717) is 26.1 Å². The summed E-state index contributed by atoms with van der Waals surface area (Å²) in [4.78, 5) is 25.7. The Labute approximate surface area is 135 Å². The van der Waals surface area contributed by atoms with Crippen molar-refractivity contribution in [2.75, 3.05) is 20.3 Å². The molecule has 1 aliphatic heterocycles. The van der Waals surface area contributed by atoms with Crippen molar-refractivity contribution in [3.63, 3.8) is 0 Å². The summed E-state index contributed by atoms with van der Waals surface area (Å²) in [6.07, 6.45) is 1.65. The van der Waals surface area contributed by atoms with Crippen LogP contribution in [0.5, 0.6) is 0 Å². The van der Waals surface area contributed by atoms with Crippen molar-refractivity contribution >= 4 is 11.6 Å². The summed E-state index contributed by atoms with van der Waals surface area (Å²) in [5, 5.41) is 0. The summed E-state index contributed by atoms with van der Waals surface area (Å²) in [5.41, 5.74) is 1.62. The molecule has 120 valence electrons. The normalized spacial score (nSPS) is 44.0. The number of methoxy groups -OCH3 is 1. The molecule has 1 heterocycles. The topological polar surface area (TPSA) is 52.6 Å². The molecule has 3 unspecified atom stereocenters. The van der Waals surface area contributed by atoms with Crippen LogP contribution in [0.1, 0.15) is 36.3 Å². The van der Waals surface area contributed by atoms with E-state index in [-0.39, 0.29) is 29.0 Å². The van der Waals surface area contributed by atoms with E-state index < -0.39 is 11.3 Å². The van der Waals surface area contributed by atoms with Gasteiger partial charge in [0.2, 0.25) is 0 Å². The highest BCUT2D eigenvalue weighted by Crippen LogP contribution is 2.65. The Morgan fingerprint density at radius 1 is 1.13 bits per heavy atom. The second-order valence-electron chi connectivity index (χ2n) is 7.66. The number of ether oxygens (including phenoxy) is 2. The average molecular weight is 312 g/mol. The molecule has 0 radical (unpaired) electrons. The SMILES string of the molecule is COC1CC2c3ccccc3C13COCC31CC(=O)C2C(=O)C1. The largest absolute Gasteiger partial charge is 0.380 e. The Kier molecular flexibility index (Phi) is 2.60. The first-order valence-corrected chi connectivity index (χ1v) is 8.38. The second kappa shape index (κ2) is 4.31. The molecule has 4 bridgehead atoms. The number of rotatable bonds is 1. The highest BCUT2D eigenvalue weighted by molar-refractivity contribution is 6.07. The van der Waals surface area contributed by atoms with Crippen molar-refractivity contribution < 1.29 is 19.1 Å². The Hall–Kier alpha value is -1.52. The van der Waals surface area contributed by atoms with Crippen molar-refractivity contribution in [1.82, 2.24) is 0 Å². The molecule has 0 amide bonds. The highest BCUT2D eigenvalue weighted by Gasteiger charge is 2.70. The molecule has 0 aromatic heterocycles. The molecule has 3 saturated carbocycles. The third kappa shape index (κ3) is 1.41. The maximum Gasteiger partial charge on any atom is 0.144 e. The number of hydrogen-bond acceptors (Lipinski definition) is 4. The van der Waals surface area contributed by atoms with Crippen LogP contribution in [0.3, 0.4) is 0 Å². The monoisotopic (exact) mass is 312 g/mol. The summed E-state index contributed by atoms with van der Waals surface area (Å²) in [6, 6.07) is 8.33. The molecular weight excluding hydrogens is 292 g/mol. The smallest absolute Gasteiger partial charge is 0.144 e. The molecular formula is C19H20O4. The van der Waals surface area contributed by atoms with Gasteiger partial charge < -0.3 is 9.47 Å². The maximum absolute atomic E-state index is 12.9. The number of Topliss-reactive ketones (excluding diaryl/α,β-unsaturated/α-hetero) is 2. The van der Waals surface area contributed by atoms with Crippen molar-refractivity contribution in [1.29, 1.82) is 0 Å². The van der Waals surface area contributed by atoms with Crippen molar-refractivity contribution in [3.8, 4) is 0 Å². The minimum Gasteiger partial charge on any atom is -0.380 e. The standard InChI is InChI=1S/C19H20O4/c1-22-16-6-12-11-4-2-3-5-13(11)19(16)10-23-9-18(19)7-14(20)17(12)15(21)8-18/h2-5,12,16-17H,6-10H2,1H3. The van der Waals surface area contributed by atoms with Crippen LogP contribution < -0.4 is 0 Å². The van der Waals surface area contributed by atoms with Crippen LogP contribution in [-0.2, 0) is 24.5 Å². The lowest BCUT2D eigenvalue weighted by atomic mass is 9.44. The van der Waals surface area contributed by atoms with Crippen LogP contribution >= 0.6 is 0 Å². The number of carbonyl (C=O) groups is 2. The number of ketones is 2. The molecule has 3 atom stereocenters.